The van der Waals surface area contributed by atoms with Crippen LogP contribution in [0.3, 0.4) is 0 Å². The zero-order valence-corrected chi connectivity index (χ0v) is 12.7. The first-order chi connectivity index (χ1) is 11.0. The Kier molecular flexibility index (Phi) is 3.75. The normalized spacial score (nSPS) is 16.7. The lowest BCUT2D eigenvalue weighted by Gasteiger charge is -2.16. The number of benzene rings is 1. The van der Waals surface area contributed by atoms with Gasteiger partial charge in [-0.1, -0.05) is 24.3 Å². The highest BCUT2D eigenvalue weighted by Gasteiger charge is 2.35. The molecular formula is C15H13N3O4S. The summed E-state index contributed by atoms with van der Waals surface area (Å²) in [5, 5.41) is 10.1. The molecule has 1 aromatic heterocycles. The van der Waals surface area contributed by atoms with Gasteiger partial charge in [-0.15, -0.1) is 0 Å². The van der Waals surface area contributed by atoms with Crippen molar-refractivity contribution in [1.82, 2.24) is 9.71 Å². The van der Waals surface area contributed by atoms with E-state index in [4.69, 9.17) is 0 Å². The first kappa shape index (κ1) is 15.0. The fourth-order valence-corrected chi connectivity index (χ4v) is 3.35. The number of carbonyl (C=O) groups is 1. The maximum Gasteiger partial charge on any atom is 0.326 e. The molecule has 1 aromatic carbocycles. The second-order valence-electron chi connectivity index (χ2n) is 4.90. The third kappa shape index (κ3) is 3.16. The van der Waals surface area contributed by atoms with Gasteiger partial charge in [0.05, 0.1) is 5.69 Å². The van der Waals surface area contributed by atoms with Gasteiger partial charge in [-0.2, -0.15) is 8.42 Å². The average molecular weight is 331 g/mol. The van der Waals surface area contributed by atoms with E-state index in [1.165, 1.54) is 12.1 Å². The molecule has 0 unspecified atom stereocenters. The summed E-state index contributed by atoms with van der Waals surface area (Å²) in [6.07, 6.45) is 6.95. The Hall–Kier alpha value is -2.87. The molecule has 1 aliphatic rings. The summed E-state index contributed by atoms with van der Waals surface area (Å²) in [6.45, 7) is -0.346. The van der Waals surface area contributed by atoms with Crippen LogP contribution in [0.4, 0.5) is 5.69 Å². The Balaban J connectivity index is 1.87. The van der Waals surface area contributed by atoms with Crippen LogP contribution in [0.2, 0.25) is 0 Å². The number of pyridine rings is 1. The molecule has 0 spiro atoms. The molecule has 2 N–H and O–H groups in total. The molecule has 1 aliphatic heterocycles. The van der Waals surface area contributed by atoms with Crippen LogP contribution in [-0.4, -0.2) is 31.0 Å². The zero-order valence-electron chi connectivity index (χ0n) is 11.9. The van der Waals surface area contributed by atoms with Gasteiger partial charge in [0, 0.05) is 12.4 Å². The average Bonchev–Trinajstić information content (AvgIpc) is 2.79. The molecule has 0 bridgehead atoms. The number of hydrogen-bond acceptors (Lipinski definition) is 5. The fourth-order valence-electron chi connectivity index (χ4n) is 2.18. The number of phenolic OH excluding ortho intramolecular Hbond substituents is 1. The SMILES string of the molecule is O=C1CN(c2ccc(C=Cc3cccnc3)cc2O)S(=O)(=O)N1. The predicted molar refractivity (Wildman–Crippen MR) is 85.7 cm³/mol. The van der Waals surface area contributed by atoms with Gasteiger partial charge >= 0.3 is 10.2 Å². The van der Waals surface area contributed by atoms with E-state index >= 15 is 0 Å². The maximum atomic E-state index is 11.8. The summed E-state index contributed by atoms with van der Waals surface area (Å²) >= 11 is 0. The van der Waals surface area contributed by atoms with Gasteiger partial charge in [-0.3, -0.25) is 9.78 Å². The Morgan fingerprint density at radius 2 is 2.00 bits per heavy atom. The van der Waals surface area contributed by atoms with Crippen molar-refractivity contribution in [3.05, 3.63) is 53.9 Å². The Morgan fingerprint density at radius 3 is 2.61 bits per heavy atom. The topological polar surface area (TPSA) is 99.6 Å². The Bertz CT molecular complexity index is 879. The third-order valence-electron chi connectivity index (χ3n) is 3.24. The zero-order chi connectivity index (χ0) is 16.4. The quantitative estimate of drug-likeness (QED) is 0.878. The molecule has 1 saturated heterocycles. The van der Waals surface area contributed by atoms with Crippen LogP contribution in [-0.2, 0) is 15.0 Å². The van der Waals surface area contributed by atoms with Gasteiger partial charge < -0.3 is 5.11 Å². The summed E-state index contributed by atoms with van der Waals surface area (Å²) in [6, 6.07) is 8.23. The van der Waals surface area contributed by atoms with Crippen LogP contribution in [0.15, 0.2) is 42.7 Å². The summed E-state index contributed by atoms with van der Waals surface area (Å²) in [4.78, 5) is 15.2. The van der Waals surface area contributed by atoms with Crippen molar-refractivity contribution in [2.24, 2.45) is 0 Å². The standard InChI is InChI=1S/C15H13N3O4S/c19-14-8-11(3-4-12-2-1-7-16-9-12)5-6-13(14)18-10-15(20)17-23(18,21)22/h1-9,19H,10H2,(H,17,20). The minimum atomic E-state index is -3.93. The molecule has 1 amide bonds. The monoisotopic (exact) mass is 331 g/mol. The summed E-state index contributed by atoms with van der Waals surface area (Å²) < 4.78 is 26.3. The number of amides is 1. The number of rotatable bonds is 3. The largest absolute Gasteiger partial charge is 0.506 e. The number of aromatic hydroxyl groups is 1. The smallest absolute Gasteiger partial charge is 0.326 e. The van der Waals surface area contributed by atoms with E-state index < -0.39 is 16.1 Å². The second kappa shape index (κ2) is 5.73. The lowest BCUT2D eigenvalue weighted by atomic mass is 10.1. The molecule has 0 atom stereocenters. The molecular weight excluding hydrogens is 318 g/mol. The lowest BCUT2D eigenvalue weighted by molar-refractivity contribution is -0.117. The minimum absolute atomic E-state index is 0.0573. The highest BCUT2D eigenvalue weighted by atomic mass is 32.2. The molecule has 0 radical (unpaired) electrons. The molecule has 7 nitrogen and oxygen atoms in total. The van der Waals surface area contributed by atoms with Gasteiger partial charge in [0.2, 0.25) is 0 Å². The van der Waals surface area contributed by atoms with Crippen molar-refractivity contribution in [1.29, 1.82) is 0 Å². The number of nitrogens with zero attached hydrogens (tertiary/aromatic N) is 2. The van der Waals surface area contributed by atoms with E-state index in [2.05, 4.69) is 4.98 Å². The number of nitrogens with one attached hydrogen (secondary N) is 1. The highest BCUT2D eigenvalue weighted by molar-refractivity contribution is 7.92. The Labute approximate surface area is 133 Å². The van der Waals surface area contributed by atoms with Gasteiger partial charge in [0.15, 0.2) is 0 Å². The van der Waals surface area contributed by atoms with Gasteiger partial charge in [0.1, 0.15) is 12.3 Å². The molecule has 2 heterocycles. The summed E-state index contributed by atoms with van der Waals surface area (Å²) in [5.74, 6) is -0.858. The van der Waals surface area contributed by atoms with E-state index in [-0.39, 0.29) is 18.0 Å². The van der Waals surface area contributed by atoms with Gasteiger partial charge in [-0.25, -0.2) is 9.03 Å². The van der Waals surface area contributed by atoms with E-state index in [1.807, 2.05) is 22.9 Å². The van der Waals surface area contributed by atoms with Crippen LogP contribution in [0, 0.1) is 0 Å². The van der Waals surface area contributed by atoms with E-state index in [9.17, 15) is 18.3 Å². The predicted octanol–water partition coefficient (Wildman–Crippen LogP) is 1.14. The van der Waals surface area contributed by atoms with Crippen molar-refractivity contribution in [3.8, 4) is 5.75 Å². The van der Waals surface area contributed by atoms with Crippen molar-refractivity contribution >= 4 is 34.0 Å². The van der Waals surface area contributed by atoms with Crippen molar-refractivity contribution in [2.75, 3.05) is 10.8 Å². The maximum absolute atomic E-state index is 11.8. The van der Waals surface area contributed by atoms with Crippen molar-refractivity contribution in [2.45, 2.75) is 0 Å². The first-order valence-electron chi connectivity index (χ1n) is 6.70. The van der Waals surface area contributed by atoms with Crippen molar-refractivity contribution in [3.63, 3.8) is 0 Å². The van der Waals surface area contributed by atoms with Crippen LogP contribution < -0.4 is 9.03 Å². The number of hydrogen-bond donors (Lipinski definition) is 2. The number of aromatic nitrogens is 1. The van der Waals surface area contributed by atoms with E-state index in [1.54, 1.807) is 24.5 Å². The van der Waals surface area contributed by atoms with Crippen LogP contribution in [0.1, 0.15) is 11.1 Å². The molecule has 0 aliphatic carbocycles. The molecule has 23 heavy (non-hydrogen) atoms. The molecule has 1 fully saturated rings. The van der Waals surface area contributed by atoms with E-state index in [0.717, 1.165) is 9.87 Å². The first-order valence-corrected chi connectivity index (χ1v) is 8.14. The van der Waals surface area contributed by atoms with Gasteiger partial charge in [0.25, 0.3) is 5.91 Å². The van der Waals surface area contributed by atoms with Crippen LogP contribution >= 0.6 is 0 Å². The second-order valence-corrected chi connectivity index (χ2v) is 6.50. The van der Waals surface area contributed by atoms with Crippen molar-refractivity contribution < 1.29 is 18.3 Å². The molecule has 118 valence electrons. The lowest BCUT2D eigenvalue weighted by Crippen LogP contribution is -2.29. The van der Waals surface area contributed by atoms with Gasteiger partial charge in [-0.05, 0) is 29.3 Å². The summed E-state index contributed by atoms with van der Waals surface area (Å²) in [7, 11) is -3.93. The Morgan fingerprint density at radius 1 is 1.22 bits per heavy atom. The fraction of sp³-hybridized carbons (Fsp3) is 0.0667. The van der Waals surface area contributed by atoms with E-state index in [0.29, 0.717) is 5.56 Å². The summed E-state index contributed by atoms with van der Waals surface area (Å²) in [5.41, 5.74) is 1.64. The minimum Gasteiger partial charge on any atom is -0.506 e. The molecule has 2 aromatic rings. The van der Waals surface area contributed by atoms with Crippen LogP contribution in [0.5, 0.6) is 5.75 Å². The number of anilines is 1. The van der Waals surface area contributed by atoms with Crippen LogP contribution in [0.25, 0.3) is 12.2 Å². The highest BCUT2D eigenvalue weighted by Crippen LogP contribution is 2.31. The number of phenols is 1. The number of carbonyl (C=O) groups excluding carboxylic acids is 1. The molecule has 0 saturated carbocycles. The molecule has 3 rings (SSSR count). The molecule has 8 heteroatoms. The third-order valence-corrected chi connectivity index (χ3v) is 4.63.